The molecule has 1 aliphatic heterocycles. The molecule has 1 aromatic carbocycles. The fraction of sp³-hybridized carbons (Fsp3) is 0.538. The number of aryl methyl sites for hydroxylation is 1. The molecule has 0 unspecified atom stereocenters. The first-order chi connectivity index (χ1) is 9.34. The summed E-state index contributed by atoms with van der Waals surface area (Å²) >= 11 is 0. The number of rotatable bonds is 3. The molecule has 0 saturated carbocycles. The van der Waals surface area contributed by atoms with E-state index in [4.69, 9.17) is 4.74 Å². The van der Waals surface area contributed by atoms with E-state index in [-0.39, 0.29) is 11.6 Å². The predicted octanol–water partition coefficient (Wildman–Crippen LogP) is 2.07. The Morgan fingerprint density at radius 3 is 2.40 bits per heavy atom. The molecular formula is C13H17F2NO3S. The number of sulfonamides is 1. The summed E-state index contributed by atoms with van der Waals surface area (Å²) in [5.41, 5.74) is 0.102. The third-order valence-electron chi connectivity index (χ3n) is 3.58. The Labute approximate surface area is 117 Å². The summed E-state index contributed by atoms with van der Waals surface area (Å²) in [7, 11) is -2.55. The van der Waals surface area contributed by atoms with Crippen LogP contribution in [-0.4, -0.2) is 39.0 Å². The average molecular weight is 305 g/mol. The Morgan fingerprint density at radius 1 is 1.20 bits per heavy atom. The van der Waals surface area contributed by atoms with Gasteiger partial charge in [-0.05, 0) is 31.4 Å². The molecule has 0 radical (unpaired) electrons. The monoisotopic (exact) mass is 305 g/mol. The van der Waals surface area contributed by atoms with E-state index in [0.717, 1.165) is 10.4 Å². The lowest BCUT2D eigenvalue weighted by molar-refractivity contribution is 0.0631. The molecule has 0 aromatic heterocycles. The molecule has 20 heavy (non-hydrogen) atoms. The minimum Gasteiger partial charge on any atom is -0.381 e. The molecule has 1 aliphatic rings. The molecule has 1 saturated heterocycles. The fourth-order valence-electron chi connectivity index (χ4n) is 2.23. The summed E-state index contributed by atoms with van der Waals surface area (Å²) in [5.74, 6) is -1.82. The number of ether oxygens (including phenoxy) is 1. The summed E-state index contributed by atoms with van der Waals surface area (Å²) in [5, 5.41) is 0. The Bertz CT molecular complexity index is 598. The number of benzene rings is 1. The van der Waals surface area contributed by atoms with Crippen molar-refractivity contribution in [3.05, 3.63) is 29.3 Å². The molecule has 1 aromatic rings. The zero-order valence-electron chi connectivity index (χ0n) is 11.4. The van der Waals surface area contributed by atoms with Gasteiger partial charge in [0.25, 0.3) is 0 Å². The van der Waals surface area contributed by atoms with Crippen LogP contribution in [0.25, 0.3) is 0 Å². The van der Waals surface area contributed by atoms with E-state index in [2.05, 4.69) is 0 Å². The average Bonchev–Trinajstić information content (AvgIpc) is 2.42. The summed E-state index contributed by atoms with van der Waals surface area (Å²) in [6.07, 6.45) is 1.13. The van der Waals surface area contributed by atoms with E-state index in [9.17, 15) is 17.2 Å². The standard InChI is InChI=1S/C13H17F2NO3S/c1-9-7-13(12(15)8-11(9)14)20(17,18)16(2)10-3-5-19-6-4-10/h7-8,10H,3-6H2,1-2H3. The maximum absolute atomic E-state index is 13.8. The van der Waals surface area contributed by atoms with Crippen molar-refractivity contribution in [2.24, 2.45) is 0 Å². The van der Waals surface area contributed by atoms with Gasteiger partial charge in [0.05, 0.1) is 0 Å². The molecule has 2 rings (SSSR count). The molecule has 1 heterocycles. The molecule has 0 N–H and O–H groups in total. The van der Waals surface area contributed by atoms with E-state index >= 15 is 0 Å². The molecule has 0 atom stereocenters. The van der Waals surface area contributed by atoms with Crippen LogP contribution in [0, 0.1) is 18.6 Å². The molecule has 0 spiro atoms. The number of nitrogens with zero attached hydrogens (tertiary/aromatic N) is 1. The largest absolute Gasteiger partial charge is 0.381 e. The van der Waals surface area contributed by atoms with Crippen molar-refractivity contribution < 1.29 is 21.9 Å². The topological polar surface area (TPSA) is 46.6 Å². The molecule has 0 aliphatic carbocycles. The second kappa shape index (κ2) is 5.75. The van der Waals surface area contributed by atoms with Gasteiger partial charge in [-0.25, -0.2) is 17.2 Å². The Balaban J connectivity index is 2.36. The van der Waals surface area contributed by atoms with Gasteiger partial charge in [-0.15, -0.1) is 0 Å². The van der Waals surface area contributed by atoms with Crippen molar-refractivity contribution in [1.29, 1.82) is 0 Å². The van der Waals surface area contributed by atoms with Gasteiger partial charge in [0, 0.05) is 32.4 Å². The van der Waals surface area contributed by atoms with Crippen molar-refractivity contribution in [3.63, 3.8) is 0 Å². The van der Waals surface area contributed by atoms with E-state index in [0.29, 0.717) is 32.1 Å². The van der Waals surface area contributed by atoms with E-state index in [1.165, 1.54) is 14.0 Å². The van der Waals surface area contributed by atoms with Crippen molar-refractivity contribution in [2.45, 2.75) is 30.7 Å². The second-order valence-electron chi connectivity index (χ2n) is 4.90. The van der Waals surface area contributed by atoms with E-state index < -0.39 is 26.6 Å². The number of halogens is 2. The lowest BCUT2D eigenvalue weighted by Gasteiger charge is -2.30. The number of hydrogen-bond donors (Lipinski definition) is 0. The van der Waals surface area contributed by atoms with Crippen LogP contribution >= 0.6 is 0 Å². The van der Waals surface area contributed by atoms with Gasteiger partial charge in [-0.2, -0.15) is 4.31 Å². The van der Waals surface area contributed by atoms with Crippen molar-refractivity contribution in [2.75, 3.05) is 20.3 Å². The fourth-order valence-corrected chi connectivity index (χ4v) is 3.77. The molecule has 0 amide bonds. The van der Waals surface area contributed by atoms with E-state index in [1.54, 1.807) is 0 Å². The second-order valence-corrected chi connectivity index (χ2v) is 6.86. The Hall–Kier alpha value is -1.05. The van der Waals surface area contributed by atoms with Gasteiger partial charge in [0.15, 0.2) is 0 Å². The quantitative estimate of drug-likeness (QED) is 0.859. The maximum atomic E-state index is 13.8. The first-order valence-corrected chi connectivity index (χ1v) is 7.79. The zero-order chi connectivity index (χ0) is 14.9. The first-order valence-electron chi connectivity index (χ1n) is 6.35. The lowest BCUT2D eigenvalue weighted by Crippen LogP contribution is -2.40. The van der Waals surface area contributed by atoms with Crippen molar-refractivity contribution >= 4 is 10.0 Å². The molecule has 4 nitrogen and oxygen atoms in total. The number of hydrogen-bond acceptors (Lipinski definition) is 3. The molecule has 1 fully saturated rings. The lowest BCUT2D eigenvalue weighted by atomic mass is 10.1. The molecule has 7 heteroatoms. The normalized spacial score (nSPS) is 17.6. The predicted molar refractivity (Wildman–Crippen MR) is 69.9 cm³/mol. The van der Waals surface area contributed by atoms with Crippen LogP contribution in [0.15, 0.2) is 17.0 Å². The van der Waals surface area contributed by atoms with E-state index in [1.807, 2.05) is 0 Å². The Morgan fingerprint density at radius 2 is 1.80 bits per heavy atom. The summed E-state index contributed by atoms with van der Waals surface area (Å²) < 4.78 is 58.2. The van der Waals surface area contributed by atoms with Gasteiger partial charge in [0.1, 0.15) is 16.5 Å². The SMILES string of the molecule is Cc1cc(S(=O)(=O)N(C)C2CCOCC2)c(F)cc1F. The molecular weight excluding hydrogens is 288 g/mol. The summed E-state index contributed by atoms with van der Waals surface area (Å²) in [4.78, 5) is -0.481. The summed E-state index contributed by atoms with van der Waals surface area (Å²) in [6.45, 7) is 2.37. The van der Waals surface area contributed by atoms with Crippen LogP contribution in [0.2, 0.25) is 0 Å². The highest BCUT2D eigenvalue weighted by molar-refractivity contribution is 7.89. The van der Waals surface area contributed by atoms with Crippen LogP contribution in [0.4, 0.5) is 8.78 Å². The highest BCUT2D eigenvalue weighted by atomic mass is 32.2. The highest BCUT2D eigenvalue weighted by Gasteiger charge is 2.31. The minimum absolute atomic E-state index is 0.102. The van der Waals surface area contributed by atoms with Gasteiger partial charge >= 0.3 is 0 Å². The maximum Gasteiger partial charge on any atom is 0.245 e. The third kappa shape index (κ3) is 2.84. The highest BCUT2D eigenvalue weighted by Crippen LogP contribution is 2.25. The molecule has 112 valence electrons. The van der Waals surface area contributed by atoms with Crippen molar-refractivity contribution in [1.82, 2.24) is 4.31 Å². The van der Waals surface area contributed by atoms with Gasteiger partial charge in [-0.1, -0.05) is 0 Å². The van der Waals surface area contributed by atoms with Crippen LogP contribution < -0.4 is 0 Å². The van der Waals surface area contributed by atoms with Crippen LogP contribution in [-0.2, 0) is 14.8 Å². The first kappa shape index (κ1) is 15.3. The van der Waals surface area contributed by atoms with Crippen LogP contribution in [0.1, 0.15) is 18.4 Å². The summed E-state index contributed by atoms with van der Waals surface area (Å²) in [6, 6.07) is 1.43. The van der Waals surface area contributed by atoms with Crippen molar-refractivity contribution in [3.8, 4) is 0 Å². The van der Waals surface area contributed by atoms with Gasteiger partial charge in [0.2, 0.25) is 10.0 Å². The minimum atomic E-state index is -3.97. The van der Waals surface area contributed by atoms with Gasteiger partial charge in [-0.3, -0.25) is 0 Å². The Kier molecular flexibility index (Phi) is 4.41. The van der Waals surface area contributed by atoms with Crippen LogP contribution in [0.5, 0.6) is 0 Å². The molecule has 0 bridgehead atoms. The smallest absolute Gasteiger partial charge is 0.245 e. The zero-order valence-corrected chi connectivity index (χ0v) is 12.2. The van der Waals surface area contributed by atoms with Crippen LogP contribution in [0.3, 0.4) is 0 Å². The third-order valence-corrected chi connectivity index (χ3v) is 5.50. The van der Waals surface area contributed by atoms with Gasteiger partial charge < -0.3 is 4.74 Å².